The molecular formula is C35H42N2O16. The number of aliphatic hydroxyl groups excluding tert-OH is 2. The van der Waals surface area contributed by atoms with Crippen LogP contribution < -0.4 is 18.9 Å². The topological polar surface area (TPSA) is 222 Å². The Morgan fingerprint density at radius 2 is 1.57 bits per heavy atom. The molecular weight excluding hydrogens is 704 g/mol. The lowest BCUT2D eigenvalue weighted by atomic mass is 9.66. The van der Waals surface area contributed by atoms with E-state index in [1.54, 1.807) is 31.2 Å². The molecule has 2 aromatic rings. The van der Waals surface area contributed by atoms with E-state index >= 15 is 0 Å². The SMILES string of the molecule is COc1cc([C@@H]2c3cc4c(cc3[C@@H](O[C@@H]3O[C@@H]5CO[C@@H](C)O[C@H]5[C@H](O)[C@H]3O)[C@H]3COC(=O)[C@H]23)OCO4)cc(OC)c1C(CN(C)C(=O)O)N(C)C(=O)O. The average Bonchev–Trinajstić information content (AvgIpc) is 3.77. The number of amides is 2. The summed E-state index contributed by atoms with van der Waals surface area (Å²) in [7, 11) is 5.42. The summed E-state index contributed by atoms with van der Waals surface area (Å²) >= 11 is 0. The first-order chi connectivity index (χ1) is 25.3. The molecule has 288 valence electrons. The van der Waals surface area contributed by atoms with Crippen LogP contribution in [0.1, 0.15) is 47.2 Å². The molecule has 0 radical (unpaired) electrons. The summed E-state index contributed by atoms with van der Waals surface area (Å²) in [4.78, 5) is 39.7. The lowest BCUT2D eigenvalue weighted by Crippen LogP contribution is -2.63. The van der Waals surface area contributed by atoms with Crippen LogP contribution in [0.15, 0.2) is 24.3 Å². The van der Waals surface area contributed by atoms with Crippen LogP contribution in [-0.4, -0.2) is 140 Å². The van der Waals surface area contributed by atoms with E-state index in [4.69, 9.17) is 42.6 Å². The van der Waals surface area contributed by atoms with Gasteiger partial charge in [0.05, 0.1) is 51.1 Å². The summed E-state index contributed by atoms with van der Waals surface area (Å²) in [5.41, 5.74) is 2.00. The fraction of sp³-hybridized carbons (Fsp3) is 0.571. The number of esters is 1. The molecule has 5 aliphatic rings. The van der Waals surface area contributed by atoms with Crippen molar-refractivity contribution >= 4 is 18.2 Å². The van der Waals surface area contributed by atoms with Crippen molar-refractivity contribution in [2.75, 3.05) is 54.9 Å². The van der Waals surface area contributed by atoms with E-state index in [0.29, 0.717) is 28.2 Å². The molecule has 3 saturated heterocycles. The van der Waals surface area contributed by atoms with Crippen LogP contribution in [0.3, 0.4) is 0 Å². The first-order valence-corrected chi connectivity index (χ1v) is 17.0. The first kappa shape index (κ1) is 36.8. The quantitative estimate of drug-likeness (QED) is 0.269. The smallest absolute Gasteiger partial charge is 0.407 e. The molecule has 1 unspecified atom stereocenters. The molecule has 11 atom stereocenters. The molecule has 2 aromatic carbocycles. The van der Waals surface area contributed by atoms with Crippen LogP contribution in [-0.2, 0) is 28.5 Å². The normalized spacial score (nSPS) is 31.7. The van der Waals surface area contributed by atoms with Crippen LogP contribution in [0.4, 0.5) is 9.59 Å². The van der Waals surface area contributed by atoms with Gasteiger partial charge in [-0.25, -0.2) is 9.59 Å². The Morgan fingerprint density at radius 3 is 2.19 bits per heavy atom. The summed E-state index contributed by atoms with van der Waals surface area (Å²) < 4.78 is 52.7. The number of rotatable bonds is 9. The van der Waals surface area contributed by atoms with Gasteiger partial charge in [-0.3, -0.25) is 4.79 Å². The maximum atomic E-state index is 13.8. The standard InChI is InChI=1S/C35H42N2O16/c1-14-47-12-24-31(51-14)28(38)29(39)33(52-24)53-30-17-9-21-20(49-13-50-21)8-16(17)25(26-18(30)11-48-32(26)40)15-6-22(45-4)27(23(7-15)46-5)19(37(3)35(43)44)10-36(2)34(41)42/h6-9,14,18-19,24-26,28-31,33,38-39H,10-13H2,1-5H3,(H,41,42)(H,43,44)/t14-,18+,19?,24-,25-,26+,28-,29-,30-,31-,33+/m1/s1. The van der Waals surface area contributed by atoms with Crippen molar-refractivity contribution in [3.05, 3.63) is 46.5 Å². The van der Waals surface area contributed by atoms with Gasteiger partial charge in [-0.1, -0.05) is 0 Å². The van der Waals surface area contributed by atoms with Gasteiger partial charge in [0, 0.05) is 32.5 Å². The number of cyclic esters (lactones) is 1. The molecule has 0 aromatic heterocycles. The van der Waals surface area contributed by atoms with E-state index in [1.165, 1.54) is 28.3 Å². The molecule has 0 bridgehead atoms. The minimum absolute atomic E-state index is 0.0406. The molecule has 4 N–H and O–H groups in total. The highest BCUT2D eigenvalue weighted by molar-refractivity contribution is 5.79. The van der Waals surface area contributed by atoms with Gasteiger partial charge in [-0.05, 0) is 47.9 Å². The number of benzene rings is 2. The van der Waals surface area contributed by atoms with Crippen LogP contribution in [0.25, 0.3) is 0 Å². The minimum atomic E-state index is -1.51. The first-order valence-electron chi connectivity index (χ1n) is 17.0. The minimum Gasteiger partial charge on any atom is -0.496 e. The molecule has 18 nitrogen and oxygen atoms in total. The van der Waals surface area contributed by atoms with Crippen molar-refractivity contribution in [2.45, 2.75) is 62.0 Å². The van der Waals surface area contributed by atoms with Crippen molar-refractivity contribution in [1.82, 2.24) is 9.80 Å². The molecule has 3 fully saturated rings. The third kappa shape index (κ3) is 6.42. The number of likely N-dealkylation sites (N-methyl/N-ethyl adjacent to an activating group) is 2. The maximum Gasteiger partial charge on any atom is 0.407 e. The van der Waals surface area contributed by atoms with E-state index in [2.05, 4.69) is 0 Å². The molecule has 4 heterocycles. The lowest BCUT2D eigenvalue weighted by Gasteiger charge is -2.47. The monoisotopic (exact) mass is 746 g/mol. The van der Waals surface area contributed by atoms with Crippen LogP contribution in [0, 0.1) is 11.8 Å². The number of hydrogen-bond donors (Lipinski definition) is 4. The van der Waals surface area contributed by atoms with Gasteiger partial charge in [0.1, 0.15) is 35.9 Å². The summed E-state index contributed by atoms with van der Waals surface area (Å²) in [6.45, 7) is 1.44. The third-order valence-electron chi connectivity index (χ3n) is 10.7. The largest absolute Gasteiger partial charge is 0.496 e. The van der Waals surface area contributed by atoms with Crippen molar-refractivity contribution in [1.29, 1.82) is 0 Å². The predicted octanol–water partition coefficient (Wildman–Crippen LogP) is 1.89. The summed E-state index contributed by atoms with van der Waals surface area (Å²) in [5.74, 6) is -1.49. The number of fused-ring (bicyclic) bond motifs is 4. The molecule has 18 heteroatoms. The zero-order valence-corrected chi connectivity index (χ0v) is 29.6. The Labute approximate surface area is 303 Å². The van der Waals surface area contributed by atoms with E-state index < -0.39 is 85.1 Å². The van der Waals surface area contributed by atoms with E-state index in [0.717, 1.165) is 9.80 Å². The van der Waals surface area contributed by atoms with Gasteiger partial charge in [0.25, 0.3) is 0 Å². The summed E-state index contributed by atoms with van der Waals surface area (Å²) in [6, 6.07) is 5.78. The second kappa shape index (κ2) is 14.3. The maximum absolute atomic E-state index is 13.8. The number of ether oxygens (including phenoxy) is 9. The molecule has 7 rings (SSSR count). The van der Waals surface area contributed by atoms with Gasteiger partial charge in [0.15, 0.2) is 24.1 Å². The van der Waals surface area contributed by atoms with Crippen molar-refractivity contribution in [2.24, 2.45) is 11.8 Å². The lowest BCUT2D eigenvalue weighted by molar-refractivity contribution is -0.364. The number of carboxylic acid groups (broad SMARTS) is 2. The number of nitrogens with zero attached hydrogens (tertiary/aromatic N) is 2. The molecule has 0 saturated carbocycles. The highest BCUT2D eigenvalue weighted by atomic mass is 16.8. The Balaban J connectivity index is 1.33. The fourth-order valence-corrected chi connectivity index (χ4v) is 7.99. The van der Waals surface area contributed by atoms with E-state index in [9.17, 15) is 34.8 Å². The second-order valence-electron chi connectivity index (χ2n) is 13.6. The Bertz CT molecular complexity index is 1730. The zero-order chi connectivity index (χ0) is 37.9. The van der Waals surface area contributed by atoms with Gasteiger partial charge < -0.3 is 72.9 Å². The number of carbonyl (C=O) groups is 3. The average molecular weight is 747 g/mol. The van der Waals surface area contributed by atoms with E-state index in [-0.39, 0.29) is 43.6 Å². The number of carbonyl (C=O) groups excluding carboxylic acids is 1. The Morgan fingerprint density at radius 1 is 0.906 bits per heavy atom. The fourth-order valence-electron chi connectivity index (χ4n) is 7.99. The van der Waals surface area contributed by atoms with Crippen LogP contribution in [0.5, 0.6) is 23.0 Å². The number of methoxy groups -OCH3 is 2. The second-order valence-corrected chi connectivity index (χ2v) is 13.6. The highest BCUT2D eigenvalue weighted by Gasteiger charge is 2.56. The molecule has 2 amide bonds. The Kier molecular flexibility index (Phi) is 9.94. The Hall–Kier alpha value is -4.59. The van der Waals surface area contributed by atoms with Gasteiger partial charge in [-0.2, -0.15) is 0 Å². The number of hydrogen-bond acceptors (Lipinski definition) is 14. The summed E-state index contributed by atoms with van der Waals surface area (Å²) in [5, 5.41) is 41.8. The molecule has 1 aliphatic carbocycles. The highest BCUT2D eigenvalue weighted by Crippen LogP contribution is 2.57. The van der Waals surface area contributed by atoms with Crippen molar-refractivity contribution in [3.63, 3.8) is 0 Å². The van der Waals surface area contributed by atoms with Crippen molar-refractivity contribution < 1.29 is 77.4 Å². The van der Waals surface area contributed by atoms with Crippen LogP contribution in [0.2, 0.25) is 0 Å². The third-order valence-corrected chi connectivity index (χ3v) is 10.7. The number of aliphatic hydroxyl groups is 2. The van der Waals surface area contributed by atoms with Crippen LogP contribution >= 0.6 is 0 Å². The summed E-state index contributed by atoms with van der Waals surface area (Å²) in [6.07, 6.45) is -9.86. The van der Waals surface area contributed by atoms with Crippen molar-refractivity contribution in [3.8, 4) is 23.0 Å². The van der Waals surface area contributed by atoms with Gasteiger partial charge in [-0.15, -0.1) is 0 Å². The zero-order valence-electron chi connectivity index (χ0n) is 29.6. The molecule has 53 heavy (non-hydrogen) atoms. The molecule has 0 spiro atoms. The van der Waals surface area contributed by atoms with Gasteiger partial charge in [0.2, 0.25) is 6.79 Å². The van der Waals surface area contributed by atoms with E-state index in [1.807, 2.05) is 0 Å². The van der Waals surface area contributed by atoms with Gasteiger partial charge >= 0.3 is 18.2 Å². The molecule has 4 aliphatic heterocycles. The predicted molar refractivity (Wildman–Crippen MR) is 176 cm³/mol.